The van der Waals surface area contributed by atoms with Gasteiger partial charge in [0.25, 0.3) is 0 Å². The highest BCUT2D eigenvalue weighted by Crippen LogP contribution is 2.21. The topological polar surface area (TPSA) is 49.8 Å². The molecule has 2 aromatic rings. The molecule has 100 valence electrons. The number of nitrogens with one attached hydrogen (secondary N) is 2. The molecule has 0 amide bonds. The monoisotopic (exact) mass is 320 g/mol. The molecule has 2 N–H and O–H groups in total. The predicted octanol–water partition coefficient (Wildman–Crippen LogP) is 4.15. The molecule has 0 saturated carbocycles. The Bertz CT molecular complexity index is 552. The molecule has 0 fully saturated rings. The summed E-state index contributed by atoms with van der Waals surface area (Å²) in [5, 5.41) is 6.35. The summed E-state index contributed by atoms with van der Waals surface area (Å²) in [6, 6.07) is 9.88. The quantitative estimate of drug-likeness (QED) is 0.888. The van der Waals surface area contributed by atoms with Crippen LogP contribution >= 0.6 is 15.9 Å². The third kappa shape index (κ3) is 3.67. The molecule has 19 heavy (non-hydrogen) atoms. The third-order valence-corrected chi connectivity index (χ3v) is 3.16. The molecule has 0 aliphatic rings. The lowest BCUT2D eigenvalue weighted by Gasteiger charge is -2.11. The first-order valence-electron chi connectivity index (χ1n) is 6.18. The van der Waals surface area contributed by atoms with Crippen LogP contribution in [0.2, 0.25) is 0 Å². The summed E-state index contributed by atoms with van der Waals surface area (Å²) in [5.74, 6) is 2.73. The van der Waals surface area contributed by atoms with Gasteiger partial charge < -0.3 is 10.6 Å². The summed E-state index contributed by atoms with van der Waals surface area (Å²) >= 11 is 3.42. The van der Waals surface area contributed by atoms with Crippen molar-refractivity contribution in [2.75, 3.05) is 17.7 Å². The van der Waals surface area contributed by atoms with E-state index < -0.39 is 0 Å². The van der Waals surface area contributed by atoms with Gasteiger partial charge in [0.05, 0.1) is 0 Å². The van der Waals surface area contributed by atoms with E-state index in [9.17, 15) is 0 Å². The first-order chi connectivity index (χ1) is 9.08. The molecule has 5 heteroatoms. The standard InChI is InChI=1S/C14H17BrN4/c1-9(2)14-18-12(16-3)8-13(19-14)17-11-6-4-10(15)5-7-11/h4-9H,1-3H3,(H2,16,17,18,19). The normalized spacial score (nSPS) is 10.6. The lowest BCUT2D eigenvalue weighted by atomic mass is 10.2. The van der Waals surface area contributed by atoms with Gasteiger partial charge in [-0.2, -0.15) is 0 Å². The second-order valence-electron chi connectivity index (χ2n) is 4.53. The van der Waals surface area contributed by atoms with Crippen molar-refractivity contribution in [2.24, 2.45) is 0 Å². The van der Waals surface area contributed by atoms with Crippen LogP contribution in [0.25, 0.3) is 0 Å². The predicted molar refractivity (Wildman–Crippen MR) is 83.1 cm³/mol. The Morgan fingerprint density at radius 1 is 1.05 bits per heavy atom. The van der Waals surface area contributed by atoms with Crippen LogP contribution in [0.5, 0.6) is 0 Å². The van der Waals surface area contributed by atoms with Crippen LogP contribution in [-0.2, 0) is 0 Å². The Balaban J connectivity index is 2.28. The second-order valence-corrected chi connectivity index (χ2v) is 5.45. The van der Waals surface area contributed by atoms with Gasteiger partial charge in [-0.1, -0.05) is 29.8 Å². The van der Waals surface area contributed by atoms with Gasteiger partial charge >= 0.3 is 0 Å². The number of nitrogens with zero attached hydrogens (tertiary/aromatic N) is 2. The Morgan fingerprint density at radius 2 is 1.68 bits per heavy atom. The Kier molecular flexibility index (Phi) is 4.37. The first-order valence-corrected chi connectivity index (χ1v) is 6.97. The minimum atomic E-state index is 0.291. The Hall–Kier alpha value is -1.62. The molecule has 4 nitrogen and oxygen atoms in total. The number of hydrogen-bond donors (Lipinski definition) is 2. The Morgan fingerprint density at radius 3 is 2.26 bits per heavy atom. The third-order valence-electron chi connectivity index (χ3n) is 2.63. The highest BCUT2D eigenvalue weighted by atomic mass is 79.9. The summed E-state index contributed by atoms with van der Waals surface area (Å²) in [7, 11) is 1.86. The van der Waals surface area contributed by atoms with Gasteiger partial charge in [-0.15, -0.1) is 0 Å². The maximum absolute atomic E-state index is 4.52. The van der Waals surface area contributed by atoms with E-state index in [1.165, 1.54) is 0 Å². The van der Waals surface area contributed by atoms with Crippen molar-refractivity contribution in [1.29, 1.82) is 0 Å². The van der Waals surface area contributed by atoms with Crippen molar-refractivity contribution in [3.05, 3.63) is 40.6 Å². The maximum atomic E-state index is 4.52. The van der Waals surface area contributed by atoms with E-state index in [4.69, 9.17) is 0 Å². The molecule has 0 aliphatic carbocycles. The van der Waals surface area contributed by atoms with E-state index in [1.807, 2.05) is 37.4 Å². The molecule has 0 spiro atoms. The zero-order chi connectivity index (χ0) is 13.8. The van der Waals surface area contributed by atoms with Crippen LogP contribution in [0.1, 0.15) is 25.6 Å². The number of benzene rings is 1. The number of hydrogen-bond acceptors (Lipinski definition) is 4. The molecule has 0 bridgehead atoms. The van der Waals surface area contributed by atoms with Crippen molar-refractivity contribution >= 4 is 33.3 Å². The van der Waals surface area contributed by atoms with Crippen LogP contribution in [0.4, 0.5) is 17.3 Å². The van der Waals surface area contributed by atoms with Crippen LogP contribution in [0.15, 0.2) is 34.8 Å². The van der Waals surface area contributed by atoms with E-state index in [2.05, 4.69) is 50.4 Å². The number of halogens is 1. The highest BCUT2D eigenvalue weighted by molar-refractivity contribution is 9.10. The Labute approximate surface area is 121 Å². The average Bonchev–Trinajstić information content (AvgIpc) is 2.41. The molecule has 0 saturated heterocycles. The van der Waals surface area contributed by atoms with E-state index in [1.54, 1.807) is 0 Å². The van der Waals surface area contributed by atoms with Crippen LogP contribution < -0.4 is 10.6 Å². The van der Waals surface area contributed by atoms with Crippen molar-refractivity contribution in [3.8, 4) is 0 Å². The molecule has 0 atom stereocenters. The van der Waals surface area contributed by atoms with Crippen molar-refractivity contribution in [3.63, 3.8) is 0 Å². The molecule has 1 aromatic heterocycles. The lowest BCUT2D eigenvalue weighted by molar-refractivity contribution is 0.778. The number of anilines is 3. The van der Waals surface area contributed by atoms with Gasteiger partial charge in [0, 0.05) is 29.2 Å². The molecule has 0 aliphatic heterocycles. The second kappa shape index (κ2) is 6.02. The van der Waals surface area contributed by atoms with E-state index in [-0.39, 0.29) is 0 Å². The number of aromatic nitrogens is 2. The summed E-state index contributed by atoms with van der Waals surface area (Å²) in [4.78, 5) is 8.96. The molecule has 0 radical (unpaired) electrons. The molecular formula is C14H17BrN4. The van der Waals surface area contributed by atoms with Crippen molar-refractivity contribution < 1.29 is 0 Å². The van der Waals surface area contributed by atoms with Gasteiger partial charge in [-0.25, -0.2) is 9.97 Å². The summed E-state index contributed by atoms with van der Waals surface area (Å²) in [5.41, 5.74) is 0.999. The fourth-order valence-electron chi connectivity index (χ4n) is 1.60. The van der Waals surface area contributed by atoms with Crippen LogP contribution in [0, 0.1) is 0 Å². The average molecular weight is 321 g/mol. The van der Waals surface area contributed by atoms with Crippen LogP contribution in [-0.4, -0.2) is 17.0 Å². The van der Waals surface area contributed by atoms with E-state index >= 15 is 0 Å². The molecular weight excluding hydrogens is 304 g/mol. The minimum Gasteiger partial charge on any atom is -0.373 e. The van der Waals surface area contributed by atoms with E-state index in [0.717, 1.165) is 27.6 Å². The molecule has 1 aromatic carbocycles. The van der Waals surface area contributed by atoms with Gasteiger partial charge in [0.2, 0.25) is 0 Å². The van der Waals surface area contributed by atoms with Crippen molar-refractivity contribution in [2.45, 2.75) is 19.8 Å². The zero-order valence-corrected chi connectivity index (χ0v) is 12.8. The highest BCUT2D eigenvalue weighted by Gasteiger charge is 2.07. The fraction of sp³-hybridized carbons (Fsp3) is 0.286. The fourth-order valence-corrected chi connectivity index (χ4v) is 1.86. The molecule has 2 rings (SSSR count). The molecule has 1 heterocycles. The van der Waals surface area contributed by atoms with Crippen molar-refractivity contribution in [1.82, 2.24) is 9.97 Å². The molecule has 0 unspecified atom stereocenters. The number of rotatable bonds is 4. The smallest absolute Gasteiger partial charge is 0.136 e. The maximum Gasteiger partial charge on any atom is 0.136 e. The van der Waals surface area contributed by atoms with Crippen LogP contribution in [0.3, 0.4) is 0 Å². The van der Waals surface area contributed by atoms with Gasteiger partial charge in [-0.05, 0) is 24.3 Å². The SMILES string of the molecule is CNc1cc(Nc2ccc(Br)cc2)nc(C(C)C)n1. The first kappa shape index (κ1) is 13.8. The van der Waals surface area contributed by atoms with Gasteiger partial charge in [0.1, 0.15) is 17.5 Å². The lowest BCUT2D eigenvalue weighted by Crippen LogP contribution is -2.05. The summed E-state index contributed by atoms with van der Waals surface area (Å²) in [6.07, 6.45) is 0. The summed E-state index contributed by atoms with van der Waals surface area (Å²) < 4.78 is 1.06. The zero-order valence-electron chi connectivity index (χ0n) is 11.2. The minimum absolute atomic E-state index is 0.291. The summed E-state index contributed by atoms with van der Waals surface area (Å²) in [6.45, 7) is 4.16. The largest absolute Gasteiger partial charge is 0.373 e. The van der Waals surface area contributed by atoms with E-state index in [0.29, 0.717) is 5.92 Å². The van der Waals surface area contributed by atoms with Gasteiger partial charge in [-0.3, -0.25) is 0 Å². The van der Waals surface area contributed by atoms with Gasteiger partial charge in [0.15, 0.2) is 0 Å².